The SMILES string of the molecule is C=CCn1c(=O)/c(=C2\Sc3cc(C)ccc3N2C)s/c1=C\c1scc[n+]1Cc1ccccc1. The first-order chi connectivity index (χ1) is 16.0. The van der Waals surface area contributed by atoms with Crippen molar-refractivity contribution < 1.29 is 4.57 Å². The van der Waals surface area contributed by atoms with Crippen LogP contribution in [0.15, 0.2) is 82.5 Å². The average molecular weight is 491 g/mol. The van der Waals surface area contributed by atoms with Crippen LogP contribution < -0.4 is 24.2 Å². The molecule has 4 nitrogen and oxygen atoms in total. The fourth-order valence-electron chi connectivity index (χ4n) is 3.88. The Bertz CT molecular complexity index is 1510. The Labute approximate surface area is 205 Å². The molecule has 3 heterocycles. The summed E-state index contributed by atoms with van der Waals surface area (Å²) in [7, 11) is 2.04. The van der Waals surface area contributed by atoms with Crippen LogP contribution in [0.4, 0.5) is 5.69 Å². The molecule has 1 aliphatic rings. The predicted octanol–water partition coefficient (Wildman–Crippen LogP) is 3.94. The lowest BCUT2D eigenvalue weighted by Crippen LogP contribution is -2.36. The number of rotatable bonds is 5. The molecule has 0 bridgehead atoms. The van der Waals surface area contributed by atoms with Crippen molar-refractivity contribution in [2.24, 2.45) is 0 Å². The van der Waals surface area contributed by atoms with Crippen molar-refractivity contribution in [2.75, 3.05) is 11.9 Å². The third-order valence-electron chi connectivity index (χ3n) is 5.56. The van der Waals surface area contributed by atoms with Gasteiger partial charge in [0, 0.05) is 24.1 Å². The Morgan fingerprint density at radius 3 is 2.76 bits per heavy atom. The second-order valence-electron chi connectivity index (χ2n) is 7.91. The van der Waals surface area contributed by atoms with Gasteiger partial charge in [-0.25, -0.2) is 0 Å². The molecule has 2 aromatic carbocycles. The van der Waals surface area contributed by atoms with Crippen molar-refractivity contribution in [1.29, 1.82) is 0 Å². The van der Waals surface area contributed by atoms with Crippen LogP contribution in [-0.2, 0) is 13.1 Å². The van der Waals surface area contributed by atoms with Gasteiger partial charge in [-0.05, 0) is 24.6 Å². The standard InChI is InChI=1S/C26H24N3OS3/c1-4-12-29-23(16-22-28(13-14-31-22)17-19-8-6-5-7-9-19)33-24(25(29)30)26-27(3)20-11-10-18(2)15-21(20)32-26/h4-11,13-16H,1,12,17H2,2-3H3/q+1/b26-24+. The van der Waals surface area contributed by atoms with E-state index in [2.05, 4.69) is 83.1 Å². The summed E-state index contributed by atoms with van der Waals surface area (Å²) in [6.45, 7) is 7.26. The Kier molecular flexibility index (Phi) is 6.10. The number of allylic oxidation sites excluding steroid dienone is 1. The van der Waals surface area contributed by atoms with E-state index in [9.17, 15) is 4.79 Å². The van der Waals surface area contributed by atoms with E-state index in [4.69, 9.17) is 0 Å². The molecule has 4 aromatic rings. The summed E-state index contributed by atoms with van der Waals surface area (Å²) in [5.74, 6) is 0. The maximum absolute atomic E-state index is 13.5. The van der Waals surface area contributed by atoms with Gasteiger partial charge in [0.2, 0.25) is 0 Å². The highest BCUT2D eigenvalue weighted by Gasteiger charge is 2.25. The Morgan fingerprint density at radius 1 is 1.15 bits per heavy atom. The molecule has 0 saturated carbocycles. The van der Waals surface area contributed by atoms with Gasteiger partial charge in [0.25, 0.3) is 10.6 Å². The Hall–Kier alpha value is -2.87. The molecule has 0 unspecified atom stereocenters. The number of anilines is 1. The van der Waals surface area contributed by atoms with Crippen LogP contribution >= 0.6 is 34.4 Å². The molecule has 0 aliphatic carbocycles. The molecule has 0 amide bonds. The van der Waals surface area contributed by atoms with Gasteiger partial charge in [-0.15, -0.1) is 17.9 Å². The minimum absolute atomic E-state index is 0.0381. The third-order valence-corrected chi connectivity index (χ3v) is 8.88. The van der Waals surface area contributed by atoms with Crippen LogP contribution in [0.2, 0.25) is 0 Å². The Balaban J connectivity index is 1.63. The second kappa shape index (κ2) is 9.17. The van der Waals surface area contributed by atoms with Crippen LogP contribution in [0, 0.1) is 6.92 Å². The van der Waals surface area contributed by atoms with E-state index in [0.29, 0.717) is 6.54 Å². The number of aryl methyl sites for hydroxylation is 1. The minimum Gasteiger partial charge on any atom is -0.337 e. The molecule has 5 rings (SSSR count). The monoisotopic (exact) mass is 490 g/mol. The van der Waals surface area contributed by atoms with Crippen LogP contribution in [-0.4, -0.2) is 11.6 Å². The van der Waals surface area contributed by atoms with Crippen molar-refractivity contribution in [3.05, 3.63) is 108 Å². The molecule has 0 atom stereocenters. The highest BCUT2D eigenvalue weighted by Crippen LogP contribution is 2.45. The van der Waals surface area contributed by atoms with Gasteiger partial charge in [-0.2, -0.15) is 4.57 Å². The van der Waals surface area contributed by atoms with Gasteiger partial charge in [0.05, 0.1) is 17.1 Å². The van der Waals surface area contributed by atoms with E-state index in [-0.39, 0.29) is 5.56 Å². The number of hydrogen-bond acceptors (Lipinski definition) is 5. The first kappa shape index (κ1) is 21.9. The molecular formula is C26H24N3OS3+. The number of benzene rings is 2. The zero-order valence-corrected chi connectivity index (χ0v) is 21.0. The predicted molar refractivity (Wildman–Crippen MR) is 140 cm³/mol. The highest BCUT2D eigenvalue weighted by molar-refractivity contribution is 8.08. The van der Waals surface area contributed by atoms with Crippen molar-refractivity contribution in [3.63, 3.8) is 0 Å². The molecule has 0 spiro atoms. The molecule has 0 radical (unpaired) electrons. The third kappa shape index (κ3) is 4.24. The number of thiazole rings is 2. The smallest absolute Gasteiger partial charge is 0.272 e. The lowest BCUT2D eigenvalue weighted by atomic mass is 10.2. The number of fused-ring (bicyclic) bond motifs is 1. The fraction of sp³-hybridized carbons (Fsp3) is 0.154. The summed E-state index contributed by atoms with van der Waals surface area (Å²) in [4.78, 5) is 16.8. The maximum Gasteiger partial charge on any atom is 0.272 e. The van der Waals surface area contributed by atoms with E-state index < -0.39 is 0 Å². The normalized spacial score (nSPS) is 15.2. The second-order valence-corrected chi connectivity index (χ2v) is 10.9. The molecule has 0 N–H and O–H groups in total. The quantitative estimate of drug-likeness (QED) is 0.314. The fourth-order valence-corrected chi connectivity index (χ4v) is 7.24. The van der Waals surface area contributed by atoms with E-state index in [0.717, 1.165) is 31.5 Å². The van der Waals surface area contributed by atoms with Gasteiger partial charge < -0.3 is 4.90 Å². The van der Waals surface area contributed by atoms with Gasteiger partial charge >= 0.3 is 0 Å². The molecular weight excluding hydrogens is 467 g/mol. The number of hydrogen-bond donors (Lipinski definition) is 0. The van der Waals surface area contributed by atoms with E-state index in [1.54, 1.807) is 40.5 Å². The Morgan fingerprint density at radius 2 is 1.97 bits per heavy atom. The maximum atomic E-state index is 13.5. The minimum atomic E-state index is 0.0381. The topological polar surface area (TPSA) is 29.1 Å². The van der Waals surface area contributed by atoms with Gasteiger partial charge in [0.1, 0.15) is 14.2 Å². The highest BCUT2D eigenvalue weighted by atomic mass is 32.2. The molecule has 33 heavy (non-hydrogen) atoms. The molecule has 2 aromatic heterocycles. The first-order valence-electron chi connectivity index (χ1n) is 10.6. The van der Waals surface area contributed by atoms with Crippen molar-refractivity contribution in [2.45, 2.75) is 24.9 Å². The van der Waals surface area contributed by atoms with E-state index >= 15 is 0 Å². The zero-order valence-electron chi connectivity index (χ0n) is 18.5. The van der Waals surface area contributed by atoms with Crippen LogP contribution in [0.3, 0.4) is 0 Å². The summed E-state index contributed by atoms with van der Waals surface area (Å²) < 4.78 is 5.77. The summed E-state index contributed by atoms with van der Waals surface area (Å²) in [5.41, 5.74) is 3.66. The zero-order chi connectivity index (χ0) is 22.9. The summed E-state index contributed by atoms with van der Waals surface area (Å²) in [6.07, 6.45) is 6.02. The molecule has 0 fully saturated rings. The van der Waals surface area contributed by atoms with Crippen LogP contribution in [0.5, 0.6) is 0 Å². The van der Waals surface area contributed by atoms with E-state index in [1.807, 2.05) is 17.7 Å². The average Bonchev–Trinajstić information content (AvgIpc) is 3.47. The van der Waals surface area contributed by atoms with Crippen molar-refractivity contribution in [1.82, 2.24) is 4.57 Å². The molecule has 7 heteroatoms. The van der Waals surface area contributed by atoms with Gasteiger partial charge in [-0.3, -0.25) is 9.36 Å². The summed E-state index contributed by atoms with van der Waals surface area (Å²) in [5, 5.41) is 4.19. The van der Waals surface area contributed by atoms with Crippen LogP contribution in [0.25, 0.3) is 11.1 Å². The summed E-state index contributed by atoms with van der Waals surface area (Å²) >= 11 is 4.91. The van der Waals surface area contributed by atoms with Gasteiger partial charge in [-0.1, -0.05) is 65.6 Å². The number of nitrogens with zero attached hydrogens (tertiary/aromatic N) is 3. The molecule has 0 saturated heterocycles. The number of thioether (sulfide) groups is 1. The molecule has 1 aliphatic heterocycles. The molecule has 166 valence electrons. The van der Waals surface area contributed by atoms with Gasteiger partial charge in [0.15, 0.2) is 12.7 Å². The largest absolute Gasteiger partial charge is 0.337 e. The van der Waals surface area contributed by atoms with Crippen LogP contribution in [0.1, 0.15) is 16.1 Å². The first-order valence-corrected chi connectivity index (χ1v) is 13.2. The summed E-state index contributed by atoms with van der Waals surface area (Å²) in [6, 6.07) is 16.9. The number of aromatic nitrogens is 2. The van der Waals surface area contributed by atoms with E-state index in [1.165, 1.54) is 16.0 Å². The lowest BCUT2D eigenvalue weighted by Gasteiger charge is -2.12. The van der Waals surface area contributed by atoms with Crippen molar-refractivity contribution in [3.8, 4) is 0 Å². The van der Waals surface area contributed by atoms with Crippen molar-refractivity contribution >= 4 is 51.2 Å². The lowest BCUT2D eigenvalue weighted by molar-refractivity contribution is -0.685.